The summed E-state index contributed by atoms with van der Waals surface area (Å²) in [4.78, 5) is 25.0. The van der Waals surface area contributed by atoms with E-state index in [1.165, 1.54) is 0 Å². The van der Waals surface area contributed by atoms with Gasteiger partial charge in [0.25, 0.3) is 0 Å². The van der Waals surface area contributed by atoms with Crippen LogP contribution in [0.25, 0.3) is 0 Å². The van der Waals surface area contributed by atoms with E-state index in [1.807, 2.05) is 0 Å². The van der Waals surface area contributed by atoms with Gasteiger partial charge in [-0.05, 0) is 32.6 Å². The molecule has 0 bridgehead atoms. The van der Waals surface area contributed by atoms with E-state index < -0.39 is 6.04 Å². The first kappa shape index (κ1) is 12.4. The third-order valence-electron chi connectivity index (χ3n) is 3.49. The van der Waals surface area contributed by atoms with Crippen molar-refractivity contribution in [2.24, 2.45) is 11.7 Å². The van der Waals surface area contributed by atoms with Gasteiger partial charge in [-0.15, -0.1) is 0 Å². The summed E-state index contributed by atoms with van der Waals surface area (Å²) in [7, 11) is 0. The molecular formula is C12H21N3O2. The van der Waals surface area contributed by atoms with Gasteiger partial charge in [0.15, 0.2) is 0 Å². The minimum atomic E-state index is -0.424. The van der Waals surface area contributed by atoms with Crippen molar-refractivity contribution in [2.45, 2.75) is 44.7 Å². The van der Waals surface area contributed by atoms with E-state index in [0.29, 0.717) is 13.1 Å². The fourth-order valence-corrected chi connectivity index (χ4v) is 2.20. The van der Waals surface area contributed by atoms with Crippen LogP contribution in [0.3, 0.4) is 0 Å². The van der Waals surface area contributed by atoms with E-state index in [2.05, 4.69) is 5.32 Å². The Balaban J connectivity index is 1.73. The number of nitrogens with two attached hydrogens (primary N) is 1. The molecule has 0 radical (unpaired) electrons. The number of nitrogens with zero attached hydrogens (tertiary/aromatic N) is 1. The maximum Gasteiger partial charge on any atom is 0.239 e. The third-order valence-corrected chi connectivity index (χ3v) is 3.49. The van der Waals surface area contributed by atoms with Gasteiger partial charge in [0.1, 0.15) is 0 Å². The van der Waals surface area contributed by atoms with Gasteiger partial charge >= 0.3 is 0 Å². The molecule has 2 rings (SSSR count). The van der Waals surface area contributed by atoms with Gasteiger partial charge in [-0.3, -0.25) is 9.59 Å². The van der Waals surface area contributed by atoms with Gasteiger partial charge in [0, 0.05) is 25.0 Å². The van der Waals surface area contributed by atoms with Crippen molar-refractivity contribution in [3.8, 4) is 0 Å². The van der Waals surface area contributed by atoms with Gasteiger partial charge < -0.3 is 16.0 Å². The number of nitrogens with one attached hydrogen (secondary N) is 1. The molecule has 2 aliphatic rings. The Kier molecular flexibility index (Phi) is 3.66. The molecule has 0 aromatic heterocycles. The van der Waals surface area contributed by atoms with Crippen molar-refractivity contribution >= 4 is 11.8 Å². The molecular weight excluding hydrogens is 218 g/mol. The molecule has 0 aromatic carbocycles. The molecule has 5 nitrogen and oxygen atoms in total. The second-order valence-corrected chi connectivity index (χ2v) is 5.17. The van der Waals surface area contributed by atoms with E-state index in [9.17, 15) is 9.59 Å². The summed E-state index contributed by atoms with van der Waals surface area (Å²) < 4.78 is 0. The van der Waals surface area contributed by atoms with Crippen LogP contribution in [0.15, 0.2) is 0 Å². The second kappa shape index (κ2) is 5.04. The molecule has 0 aromatic rings. The number of rotatable bonds is 3. The summed E-state index contributed by atoms with van der Waals surface area (Å²) in [5, 5.41) is 3.06. The number of carbonyl (C=O) groups excluding carboxylic acids is 2. The Morgan fingerprint density at radius 1 is 1.24 bits per heavy atom. The molecule has 2 fully saturated rings. The Hall–Kier alpha value is -1.10. The lowest BCUT2D eigenvalue weighted by Crippen LogP contribution is -2.50. The molecule has 5 heteroatoms. The zero-order valence-corrected chi connectivity index (χ0v) is 10.3. The molecule has 1 aliphatic carbocycles. The van der Waals surface area contributed by atoms with Crippen molar-refractivity contribution in [1.29, 1.82) is 0 Å². The predicted octanol–water partition coefficient (Wildman–Crippen LogP) is -0.149. The Morgan fingerprint density at radius 3 is 2.29 bits per heavy atom. The number of hydrogen-bond acceptors (Lipinski definition) is 3. The van der Waals surface area contributed by atoms with Crippen molar-refractivity contribution in [1.82, 2.24) is 10.2 Å². The van der Waals surface area contributed by atoms with Crippen LogP contribution in [0.5, 0.6) is 0 Å². The zero-order chi connectivity index (χ0) is 12.4. The van der Waals surface area contributed by atoms with E-state index in [1.54, 1.807) is 11.8 Å². The molecule has 96 valence electrons. The van der Waals surface area contributed by atoms with Crippen LogP contribution in [0, 0.1) is 5.92 Å². The van der Waals surface area contributed by atoms with Crippen LogP contribution in [-0.4, -0.2) is 41.9 Å². The van der Waals surface area contributed by atoms with Gasteiger partial charge in [-0.2, -0.15) is 0 Å². The first-order valence-electron chi connectivity index (χ1n) is 6.42. The van der Waals surface area contributed by atoms with Crippen molar-refractivity contribution in [3.05, 3.63) is 0 Å². The summed E-state index contributed by atoms with van der Waals surface area (Å²) in [6.45, 7) is 3.12. The predicted molar refractivity (Wildman–Crippen MR) is 64.1 cm³/mol. The largest absolute Gasteiger partial charge is 0.353 e. The fourth-order valence-electron chi connectivity index (χ4n) is 2.20. The maximum absolute atomic E-state index is 11.7. The number of carbonyl (C=O) groups is 2. The van der Waals surface area contributed by atoms with Crippen LogP contribution in [0.2, 0.25) is 0 Å². The molecule has 1 atom stereocenters. The Morgan fingerprint density at radius 2 is 1.82 bits per heavy atom. The van der Waals surface area contributed by atoms with Gasteiger partial charge in [0.2, 0.25) is 11.8 Å². The molecule has 2 amide bonds. The number of amides is 2. The average Bonchev–Trinajstić information content (AvgIpc) is 3.12. The van der Waals surface area contributed by atoms with Crippen LogP contribution in [0.4, 0.5) is 0 Å². The third kappa shape index (κ3) is 3.19. The van der Waals surface area contributed by atoms with Crippen LogP contribution >= 0.6 is 0 Å². The van der Waals surface area contributed by atoms with Gasteiger partial charge in [-0.1, -0.05) is 0 Å². The average molecular weight is 239 g/mol. The monoisotopic (exact) mass is 239 g/mol. The lowest BCUT2D eigenvalue weighted by Gasteiger charge is -2.33. The SMILES string of the molecule is C[C@H](N)C(=O)N1CCC(NC(=O)C2CC2)CC1. The summed E-state index contributed by atoms with van der Waals surface area (Å²) in [6, 6.07) is -0.187. The summed E-state index contributed by atoms with van der Waals surface area (Å²) in [5.74, 6) is 0.470. The van der Waals surface area contributed by atoms with E-state index in [0.717, 1.165) is 25.7 Å². The molecule has 0 spiro atoms. The smallest absolute Gasteiger partial charge is 0.239 e. The standard InChI is InChI=1S/C12H21N3O2/c1-8(13)12(17)15-6-4-10(5-7-15)14-11(16)9-2-3-9/h8-10H,2-7,13H2,1H3,(H,14,16)/t8-/m0/s1. The summed E-state index contributed by atoms with van der Waals surface area (Å²) in [6.07, 6.45) is 3.76. The molecule has 1 saturated heterocycles. The second-order valence-electron chi connectivity index (χ2n) is 5.17. The molecule has 1 heterocycles. The first-order chi connectivity index (χ1) is 8.08. The van der Waals surface area contributed by atoms with Crippen LogP contribution in [-0.2, 0) is 9.59 Å². The number of piperidine rings is 1. The lowest BCUT2D eigenvalue weighted by molar-refractivity contribution is -0.133. The van der Waals surface area contributed by atoms with E-state index >= 15 is 0 Å². The van der Waals surface area contributed by atoms with Crippen LogP contribution < -0.4 is 11.1 Å². The fraction of sp³-hybridized carbons (Fsp3) is 0.833. The highest BCUT2D eigenvalue weighted by atomic mass is 16.2. The molecule has 17 heavy (non-hydrogen) atoms. The molecule has 1 aliphatic heterocycles. The zero-order valence-electron chi connectivity index (χ0n) is 10.3. The maximum atomic E-state index is 11.7. The highest BCUT2D eigenvalue weighted by Crippen LogP contribution is 2.29. The number of likely N-dealkylation sites (tertiary alicyclic amines) is 1. The van der Waals surface area contributed by atoms with Crippen LogP contribution in [0.1, 0.15) is 32.6 Å². The first-order valence-corrected chi connectivity index (χ1v) is 6.42. The summed E-state index contributed by atoms with van der Waals surface area (Å²) in [5.41, 5.74) is 5.57. The highest BCUT2D eigenvalue weighted by molar-refractivity contribution is 5.82. The van der Waals surface area contributed by atoms with Gasteiger partial charge in [-0.25, -0.2) is 0 Å². The normalized spacial score (nSPS) is 23.3. The molecule has 3 N–H and O–H groups in total. The molecule has 1 saturated carbocycles. The molecule has 0 unspecified atom stereocenters. The van der Waals surface area contributed by atoms with Gasteiger partial charge in [0.05, 0.1) is 6.04 Å². The minimum absolute atomic E-state index is 0.0111. The highest BCUT2D eigenvalue weighted by Gasteiger charge is 2.32. The van der Waals surface area contributed by atoms with E-state index in [4.69, 9.17) is 5.73 Å². The Labute approximate surface area is 102 Å². The quantitative estimate of drug-likeness (QED) is 0.719. The Bertz CT molecular complexity index is 305. The van der Waals surface area contributed by atoms with Crippen molar-refractivity contribution in [3.63, 3.8) is 0 Å². The lowest BCUT2D eigenvalue weighted by atomic mass is 10.0. The van der Waals surface area contributed by atoms with Crippen molar-refractivity contribution in [2.75, 3.05) is 13.1 Å². The minimum Gasteiger partial charge on any atom is -0.353 e. The van der Waals surface area contributed by atoms with E-state index in [-0.39, 0.29) is 23.8 Å². The summed E-state index contributed by atoms with van der Waals surface area (Å²) >= 11 is 0. The van der Waals surface area contributed by atoms with Crippen molar-refractivity contribution < 1.29 is 9.59 Å². The topological polar surface area (TPSA) is 75.4 Å². The number of hydrogen-bond donors (Lipinski definition) is 2.